The van der Waals surface area contributed by atoms with Gasteiger partial charge in [-0.3, -0.25) is 4.90 Å². The van der Waals surface area contributed by atoms with Gasteiger partial charge >= 0.3 is 0 Å². The third-order valence-corrected chi connectivity index (χ3v) is 9.12. The minimum absolute atomic E-state index is 0.189. The van der Waals surface area contributed by atoms with Gasteiger partial charge in [-0.05, 0) is 61.6 Å². The molecule has 1 saturated carbocycles. The number of aromatic nitrogens is 1. The van der Waals surface area contributed by atoms with Crippen molar-refractivity contribution >= 4 is 21.8 Å². The molecule has 1 saturated heterocycles. The summed E-state index contributed by atoms with van der Waals surface area (Å²) in [5, 5.41) is 25.9. The van der Waals surface area contributed by atoms with Crippen molar-refractivity contribution < 1.29 is 29.2 Å². The Morgan fingerprint density at radius 3 is 2.67 bits per heavy atom. The number of ether oxygens (including phenoxy) is 4. The Kier molecular flexibility index (Phi) is 10.8. The number of H-pyrrole nitrogens is 1. The summed E-state index contributed by atoms with van der Waals surface area (Å²) < 4.78 is 24.0. The Morgan fingerprint density at radius 2 is 1.80 bits per heavy atom. The van der Waals surface area contributed by atoms with Crippen molar-refractivity contribution in [1.82, 2.24) is 15.2 Å². The number of fused-ring (bicyclic) bond motifs is 3. The number of hydrogen-bond donors (Lipinski definition) is 4. The Hall–Kier alpha value is -3.34. The zero-order chi connectivity index (χ0) is 31.0. The van der Waals surface area contributed by atoms with Crippen LogP contribution in [0.5, 0.6) is 17.2 Å². The third kappa shape index (κ3) is 7.91. The van der Waals surface area contributed by atoms with Crippen molar-refractivity contribution in [2.24, 2.45) is 0 Å². The van der Waals surface area contributed by atoms with Gasteiger partial charge in [-0.25, -0.2) is 0 Å². The lowest BCUT2D eigenvalue weighted by Gasteiger charge is -2.37. The number of aromatic amines is 1. The van der Waals surface area contributed by atoms with Crippen molar-refractivity contribution in [1.29, 1.82) is 0 Å². The molecule has 9 heteroatoms. The summed E-state index contributed by atoms with van der Waals surface area (Å²) in [6.07, 6.45) is 5.75. The molecule has 4 N–H and O–H groups in total. The van der Waals surface area contributed by atoms with Gasteiger partial charge in [-0.2, -0.15) is 0 Å². The second-order valence-corrected chi connectivity index (χ2v) is 12.3. The van der Waals surface area contributed by atoms with Gasteiger partial charge in [-0.15, -0.1) is 0 Å². The zero-order valence-corrected chi connectivity index (χ0v) is 26.2. The largest absolute Gasteiger partial charge is 0.493 e. The van der Waals surface area contributed by atoms with E-state index in [9.17, 15) is 10.2 Å². The molecule has 2 heterocycles. The number of rotatable bonds is 15. The number of benzene rings is 3. The maximum absolute atomic E-state index is 10.5. The predicted octanol–water partition coefficient (Wildman–Crippen LogP) is 4.67. The highest BCUT2D eigenvalue weighted by Gasteiger charge is 2.34. The van der Waals surface area contributed by atoms with Crippen molar-refractivity contribution in [2.45, 2.75) is 62.9 Å². The number of nitrogens with one attached hydrogen (secondary N) is 2. The number of methoxy groups -OCH3 is 1. The zero-order valence-electron chi connectivity index (χ0n) is 26.2. The Balaban J connectivity index is 0.910. The lowest BCUT2D eigenvalue weighted by Crippen LogP contribution is -2.46. The SMILES string of the molecule is COc1cc(CCO[C@@H]2CCCC[C@@H]2N2CC[C@@H](O)C2)ccc1OCCNCC(O)COc1cccc2[nH]c3ccccc3c12. The monoisotopic (exact) mass is 617 g/mol. The van der Waals surface area contributed by atoms with E-state index >= 15 is 0 Å². The molecule has 1 aliphatic carbocycles. The number of nitrogens with zero attached hydrogens (tertiary/aromatic N) is 1. The number of likely N-dealkylation sites (tertiary alicyclic amines) is 1. The van der Waals surface area contributed by atoms with Crippen LogP contribution in [0.1, 0.15) is 37.7 Å². The quantitative estimate of drug-likeness (QED) is 0.143. The fourth-order valence-electron chi connectivity index (χ4n) is 6.81. The van der Waals surface area contributed by atoms with Crippen LogP contribution < -0.4 is 19.5 Å². The number of para-hydroxylation sites is 1. The van der Waals surface area contributed by atoms with E-state index in [2.05, 4.69) is 33.4 Å². The van der Waals surface area contributed by atoms with Gasteiger partial charge in [0.05, 0.1) is 31.4 Å². The first-order chi connectivity index (χ1) is 22.1. The van der Waals surface area contributed by atoms with E-state index in [0.717, 1.165) is 71.9 Å². The molecule has 4 atom stereocenters. The van der Waals surface area contributed by atoms with E-state index in [1.165, 1.54) is 12.8 Å². The lowest BCUT2D eigenvalue weighted by molar-refractivity contribution is -0.0316. The van der Waals surface area contributed by atoms with Crippen LogP contribution in [0.2, 0.25) is 0 Å². The van der Waals surface area contributed by atoms with Crippen molar-refractivity contribution in [3.63, 3.8) is 0 Å². The Labute approximate surface area is 265 Å². The molecule has 0 radical (unpaired) electrons. The third-order valence-electron chi connectivity index (χ3n) is 9.12. The second kappa shape index (κ2) is 15.3. The summed E-state index contributed by atoms with van der Waals surface area (Å²) in [5.41, 5.74) is 3.23. The van der Waals surface area contributed by atoms with Gasteiger partial charge in [0.15, 0.2) is 11.5 Å². The average molecular weight is 618 g/mol. The molecule has 6 rings (SSSR count). The van der Waals surface area contributed by atoms with E-state index in [1.807, 2.05) is 42.5 Å². The van der Waals surface area contributed by atoms with Gasteiger partial charge in [0.1, 0.15) is 25.1 Å². The highest BCUT2D eigenvalue weighted by molar-refractivity contribution is 6.10. The number of aliphatic hydroxyl groups excluding tert-OH is 2. The topological polar surface area (TPSA) is 108 Å². The number of aliphatic hydroxyl groups is 2. The van der Waals surface area contributed by atoms with Crippen molar-refractivity contribution in [3.05, 3.63) is 66.2 Å². The van der Waals surface area contributed by atoms with Gasteiger partial charge < -0.3 is 39.5 Å². The highest BCUT2D eigenvalue weighted by atomic mass is 16.5. The maximum Gasteiger partial charge on any atom is 0.161 e. The fourth-order valence-corrected chi connectivity index (χ4v) is 6.81. The molecule has 3 aromatic carbocycles. The standard InChI is InChI=1S/C36H47N3O6/c1-42-35-21-25(16-19-43-32-11-5-4-10-31(32)39-18-15-26(40)23-39)13-14-33(35)44-20-17-37-22-27(41)24-45-34-12-6-9-30-36(34)28-7-2-3-8-29(28)38-30/h2-3,6-9,12-14,21,26-27,31-32,37-38,40-41H,4-5,10-11,15-20,22-24H2,1H3/t26-,27?,31+,32-/m1/s1. The van der Waals surface area contributed by atoms with Gasteiger partial charge in [-0.1, -0.05) is 43.2 Å². The molecule has 242 valence electrons. The molecular weight excluding hydrogens is 570 g/mol. The molecule has 9 nitrogen and oxygen atoms in total. The molecule has 1 aromatic heterocycles. The molecule has 0 spiro atoms. The van der Waals surface area contributed by atoms with Crippen molar-refractivity contribution in [2.75, 3.05) is 53.1 Å². The molecule has 2 aliphatic rings. The average Bonchev–Trinajstić information content (AvgIpc) is 3.68. The van der Waals surface area contributed by atoms with Crippen LogP contribution in [0, 0.1) is 0 Å². The van der Waals surface area contributed by atoms with Gasteiger partial charge in [0.25, 0.3) is 0 Å². The Morgan fingerprint density at radius 1 is 0.933 bits per heavy atom. The summed E-state index contributed by atoms with van der Waals surface area (Å²) in [7, 11) is 1.66. The van der Waals surface area contributed by atoms with Gasteiger partial charge in [0, 0.05) is 48.5 Å². The molecule has 2 fully saturated rings. The van der Waals surface area contributed by atoms with Crippen LogP contribution in [-0.2, 0) is 11.2 Å². The first kappa shape index (κ1) is 31.6. The summed E-state index contributed by atoms with van der Waals surface area (Å²) in [6.45, 7) is 4.00. The minimum atomic E-state index is -0.660. The second-order valence-electron chi connectivity index (χ2n) is 12.3. The van der Waals surface area contributed by atoms with E-state index in [-0.39, 0.29) is 18.8 Å². The smallest absolute Gasteiger partial charge is 0.161 e. The van der Waals surface area contributed by atoms with Crippen LogP contribution in [-0.4, -0.2) is 97.6 Å². The molecule has 1 aliphatic heterocycles. The van der Waals surface area contributed by atoms with E-state index in [4.69, 9.17) is 18.9 Å². The molecule has 45 heavy (non-hydrogen) atoms. The predicted molar refractivity (Wildman–Crippen MR) is 177 cm³/mol. The summed E-state index contributed by atoms with van der Waals surface area (Å²) in [4.78, 5) is 5.85. The number of β-amino-alcohol motifs (C(OH)–C–C–N with tert-alkyl or cyclic N) is 1. The molecule has 0 bridgehead atoms. The Bertz CT molecular complexity index is 1530. The lowest BCUT2D eigenvalue weighted by atomic mass is 9.91. The van der Waals surface area contributed by atoms with Crippen molar-refractivity contribution in [3.8, 4) is 17.2 Å². The minimum Gasteiger partial charge on any atom is -0.493 e. The molecule has 0 amide bonds. The van der Waals surface area contributed by atoms with E-state index in [1.54, 1.807) is 7.11 Å². The molecule has 4 aromatic rings. The summed E-state index contributed by atoms with van der Waals surface area (Å²) in [6, 6.07) is 20.6. The van der Waals surface area contributed by atoms with E-state index in [0.29, 0.717) is 43.8 Å². The summed E-state index contributed by atoms with van der Waals surface area (Å²) >= 11 is 0. The van der Waals surface area contributed by atoms with Crippen LogP contribution >= 0.6 is 0 Å². The molecular formula is C36H47N3O6. The summed E-state index contributed by atoms with van der Waals surface area (Å²) in [5.74, 6) is 2.16. The fraction of sp³-hybridized carbons (Fsp3) is 0.500. The maximum atomic E-state index is 10.5. The van der Waals surface area contributed by atoms with Crippen LogP contribution in [0.4, 0.5) is 0 Å². The first-order valence-corrected chi connectivity index (χ1v) is 16.4. The van der Waals surface area contributed by atoms with Gasteiger partial charge in [0.2, 0.25) is 0 Å². The normalized spacial score (nSPS) is 21.4. The molecule has 1 unspecified atom stereocenters. The first-order valence-electron chi connectivity index (χ1n) is 16.4. The highest BCUT2D eigenvalue weighted by Crippen LogP contribution is 2.33. The number of hydrogen-bond acceptors (Lipinski definition) is 8. The van der Waals surface area contributed by atoms with Crippen LogP contribution in [0.3, 0.4) is 0 Å². The van der Waals surface area contributed by atoms with Crippen LogP contribution in [0.15, 0.2) is 60.7 Å². The van der Waals surface area contributed by atoms with Crippen LogP contribution in [0.25, 0.3) is 21.8 Å². The van der Waals surface area contributed by atoms with E-state index < -0.39 is 6.10 Å².